The van der Waals surface area contributed by atoms with Crippen LogP contribution in [0.4, 0.5) is 5.82 Å². The molecule has 1 amide bonds. The van der Waals surface area contributed by atoms with Crippen LogP contribution in [-0.4, -0.2) is 22.6 Å². The lowest BCUT2D eigenvalue weighted by atomic mass is 10.1. The molecule has 1 aromatic heterocycles. The van der Waals surface area contributed by atoms with Crippen molar-refractivity contribution in [2.75, 3.05) is 11.9 Å². The van der Waals surface area contributed by atoms with Crippen molar-refractivity contribution in [3.8, 4) is 0 Å². The zero-order chi connectivity index (χ0) is 15.9. The molecule has 0 saturated carbocycles. The molecule has 1 atom stereocenters. The van der Waals surface area contributed by atoms with Gasteiger partial charge in [-0.2, -0.15) is 0 Å². The Hall–Kier alpha value is -2.43. The molecule has 5 heteroatoms. The minimum Gasteiger partial charge on any atom is -0.362 e. The van der Waals surface area contributed by atoms with Crippen LogP contribution in [0, 0.1) is 5.92 Å². The summed E-state index contributed by atoms with van der Waals surface area (Å²) in [5.74, 6) is 0.866. The summed E-state index contributed by atoms with van der Waals surface area (Å²) in [6.45, 7) is 6.78. The Morgan fingerprint density at radius 2 is 1.77 bits per heavy atom. The Bertz CT molecular complexity index is 596. The fourth-order valence-corrected chi connectivity index (χ4v) is 1.96. The summed E-state index contributed by atoms with van der Waals surface area (Å²) in [6.07, 6.45) is 0. The molecule has 0 radical (unpaired) electrons. The van der Waals surface area contributed by atoms with E-state index in [1.165, 1.54) is 5.56 Å². The van der Waals surface area contributed by atoms with Crippen LogP contribution in [0.1, 0.15) is 42.9 Å². The van der Waals surface area contributed by atoms with Gasteiger partial charge in [-0.05, 0) is 30.5 Å². The zero-order valence-corrected chi connectivity index (χ0v) is 13.2. The smallest absolute Gasteiger partial charge is 0.271 e. The Morgan fingerprint density at radius 1 is 1.05 bits per heavy atom. The van der Waals surface area contributed by atoms with E-state index in [0.29, 0.717) is 24.0 Å². The minimum atomic E-state index is -0.191. The second-order valence-corrected chi connectivity index (χ2v) is 5.68. The van der Waals surface area contributed by atoms with Gasteiger partial charge in [-0.15, -0.1) is 10.2 Å². The molecule has 2 N–H and O–H groups in total. The highest BCUT2D eigenvalue weighted by atomic mass is 16.1. The monoisotopic (exact) mass is 298 g/mol. The van der Waals surface area contributed by atoms with Crippen LogP contribution in [0.3, 0.4) is 0 Å². The standard InChI is InChI=1S/C17H22N4O/c1-12(2)11-18-17(22)15-9-10-16(21-20-15)19-13(3)14-7-5-4-6-8-14/h4-10,12-13H,11H2,1-3H3,(H,18,22)(H,19,21). The lowest BCUT2D eigenvalue weighted by molar-refractivity contribution is 0.0943. The van der Waals surface area contributed by atoms with Crippen molar-refractivity contribution in [1.82, 2.24) is 15.5 Å². The topological polar surface area (TPSA) is 66.9 Å². The number of carbonyl (C=O) groups excluding carboxylic acids is 1. The maximum atomic E-state index is 11.9. The first-order chi connectivity index (χ1) is 10.6. The largest absolute Gasteiger partial charge is 0.362 e. The SMILES string of the molecule is CC(C)CNC(=O)c1ccc(NC(C)c2ccccc2)nn1. The van der Waals surface area contributed by atoms with E-state index in [9.17, 15) is 4.79 Å². The molecule has 1 heterocycles. The van der Waals surface area contributed by atoms with Crippen LogP contribution >= 0.6 is 0 Å². The molecule has 1 aromatic carbocycles. The number of aromatic nitrogens is 2. The van der Waals surface area contributed by atoms with E-state index in [4.69, 9.17) is 0 Å². The van der Waals surface area contributed by atoms with Gasteiger partial charge in [-0.1, -0.05) is 44.2 Å². The van der Waals surface area contributed by atoms with E-state index in [1.807, 2.05) is 32.0 Å². The van der Waals surface area contributed by atoms with Crippen molar-refractivity contribution in [1.29, 1.82) is 0 Å². The van der Waals surface area contributed by atoms with Crippen molar-refractivity contribution < 1.29 is 4.79 Å². The number of nitrogens with one attached hydrogen (secondary N) is 2. The summed E-state index contributed by atoms with van der Waals surface area (Å²) in [4.78, 5) is 11.9. The molecule has 1 unspecified atom stereocenters. The van der Waals surface area contributed by atoms with Gasteiger partial charge in [0.05, 0.1) is 0 Å². The van der Waals surface area contributed by atoms with E-state index in [2.05, 4.69) is 39.9 Å². The highest BCUT2D eigenvalue weighted by molar-refractivity contribution is 5.92. The van der Waals surface area contributed by atoms with Crippen molar-refractivity contribution in [3.63, 3.8) is 0 Å². The van der Waals surface area contributed by atoms with E-state index >= 15 is 0 Å². The van der Waals surface area contributed by atoms with E-state index in [1.54, 1.807) is 12.1 Å². The Balaban J connectivity index is 1.96. The summed E-state index contributed by atoms with van der Waals surface area (Å²) in [7, 11) is 0. The van der Waals surface area contributed by atoms with Crippen LogP contribution in [0.5, 0.6) is 0 Å². The van der Waals surface area contributed by atoms with Crippen LogP contribution in [0.15, 0.2) is 42.5 Å². The molecule has 2 aromatic rings. The summed E-state index contributed by atoms with van der Waals surface area (Å²) >= 11 is 0. The molecule has 2 rings (SSSR count). The molecular weight excluding hydrogens is 276 g/mol. The van der Waals surface area contributed by atoms with E-state index in [0.717, 1.165) is 0 Å². The first kappa shape index (κ1) is 15.9. The van der Waals surface area contributed by atoms with Gasteiger partial charge in [-0.3, -0.25) is 4.79 Å². The number of benzene rings is 1. The maximum absolute atomic E-state index is 11.9. The summed E-state index contributed by atoms with van der Waals surface area (Å²) < 4.78 is 0. The number of nitrogens with zero attached hydrogens (tertiary/aromatic N) is 2. The summed E-state index contributed by atoms with van der Waals surface area (Å²) in [6, 6.07) is 13.7. The molecule has 0 aliphatic rings. The van der Waals surface area contributed by atoms with Gasteiger partial charge in [-0.25, -0.2) is 0 Å². The lowest BCUT2D eigenvalue weighted by Gasteiger charge is -2.14. The van der Waals surface area contributed by atoms with Gasteiger partial charge in [0.25, 0.3) is 5.91 Å². The molecule has 116 valence electrons. The third kappa shape index (κ3) is 4.55. The third-order valence-corrected chi connectivity index (χ3v) is 3.23. The molecule has 0 bridgehead atoms. The fraction of sp³-hybridized carbons (Fsp3) is 0.353. The van der Waals surface area contributed by atoms with Crippen LogP contribution < -0.4 is 10.6 Å². The number of hydrogen-bond donors (Lipinski definition) is 2. The highest BCUT2D eigenvalue weighted by Gasteiger charge is 2.10. The lowest BCUT2D eigenvalue weighted by Crippen LogP contribution is -2.28. The first-order valence-corrected chi connectivity index (χ1v) is 7.49. The predicted molar refractivity (Wildman–Crippen MR) is 87.7 cm³/mol. The number of rotatable bonds is 6. The van der Waals surface area contributed by atoms with Gasteiger partial charge in [0, 0.05) is 12.6 Å². The molecule has 0 aliphatic heterocycles. The fourth-order valence-electron chi connectivity index (χ4n) is 1.96. The number of hydrogen-bond acceptors (Lipinski definition) is 4. The average Bonchev–Trinajstić information content (AvgIpc) is 2.54. The summed E-state index contributed by atoms with van der Waals surface area (Å²) in [5.41, 5.74) is 1.50. The molecule has 0 fully saturated rings. The van der Waals surface area contributed by atoms with Crippen LogP contribution in [-0.2, 0) is 0 Å². The molecule has 0 saturated heterocycles. The Labute approximate surface area is 131 Å². The third-order valence-electron chi connectivity index (χ3n) is 3.23. The van der Waals surface area contributed by atoms with Crippen molar-refractivity contribution in [3.05, 3.63) is 53.7 Å². The van der Waals surface area contributed by atoms with Gasteiger partial charge >= 0.3 is 0 Å². The average molecular weight is 298 g/mol. The second kappa shape index (κ2) is 7.54. The van der Waals surface area contributed by atoms with E-state index < -0.39 is 0 Å². The van der Waals surface area contributed by atoms with Crippen molar-refractivity contribution in [2.45, 2.75) is 26.8 Å². The number of anilines is 1. The Morgan fingerprint density at radius 3 is 2.36 bits per heavy atom. The van der Waals surface area contributed by atoms with Gasteiger partial charge in [0.2, 0.25) is 0 Å². The van der Waals surface area contributed by atoms with E-state index in [-0.39, 0.29) is 11.9 Å². The van der Waals surface area contributed by atoms with Gasteiger partial charge in [0.15, 0.2) is 5.69 Å². The Kier molecular flexibility index (Phi) is 5.47. The summed E-state index contributed by atoms with van der Waals surface area (Å²) in [5, 5.41) is 14.1. The maximum Gasteiger partial charge on any atom is 0.271 e. The van der Waals surface area contributed by atoms with Crippen LogP contribution in [0.2, 0.25) is 0 Å². The van der Waals surface area contributed by atoms with Crippen LogP contribution in [0.25, 0.3) is 0 Å². The molecule has 5 nitrogen and oxygen atoms in total. The highest BCUT2D eigenvalue weighted by Crippen LogP contribution is 2.16. The quantitative estimate of drug-likeness (QED) is 0.860. The first-order valence-electron chi connectivity index (χ1n) is 7.49. The number of amides is 1. The van der Waals surface area contributed by atoms with Crippen molar-refractivity contribution in [2.24, 2.45) is 5.92 Å². The minimum absolute atomic E-state index is 0.121. The molecule has 0 aliphatic carbocycles. The molecule has 22 heavy (non-hydrogen) atoms. The number of carbonyl (C=O) groups is 1. The van der Waals surface area contributed by atoms with Gasteiger partial charge < -0.3 is 10.6 Å². The van der Waals surface area contributed by atoms with Gasteiger partial charge in [0.1, 0.15) is 5.82 Å². The molecule has 0 spiro atoms. The van der Waals surface area contributed by atoms with Crippen molar-refractivity contribution >= 4 is 11.7 Å². The normalized spacial score (nSPS) is 12.0. The molecular formula is C17H22N4O. The predicted octanol–water partition coefficient (Wildman–Crippen LogP) is 3.04. The second-order valence-electron chi connectivity index (χ2n) is 5.68. The zero-order valence-electron chi connectivity index (χ0n) is 13.2.